The van der Waals surface area contributed by atoms with Crippen molar-refractivity contribution in [2.75, 3.05) is 34.4 Å². The van der Waals surface area contributed by atoms with Crippen LogP contribution in [0.5, 0.6) is 11.5 Å². The molecule has 0 aliphatic rings. The van der Waals surface area contributed by atoms with Crippen LogP contribution in [-0.4, -0.2) is 45.2 Å². The second kappa shape index (κ2) is 6.99. The molecule has 0 aliphatic heterocycles. The Morgan fingerprint density at radius 2 is 2.00 bits per heavy atom. The lowest BCUT2D eigenvalue weighted by Gasteiger charge is -2.19. The van der Waals surface area contributed by atoms with Gasteiger partial charge in [-0.3, -0.25) is 4.79 Å². The van der Waals surface area contributed by atoms with Crippen LogP contribution in [0, 0.1) is 6.92 Å². The third-order valence-corrected chi connectivity index (χ3v) is 3.16. The molecular weight excluding hydrogens is 244 g/mol. The van der Waals surface area contributed by atoms with E-state index in [1.54, 1.807) is 26.2 Å². The molecule has 0 saturated heterocycles. The molecule has 1 rings (SSSR count). The Kier molecular flexibility index (Phi) is 5.63. The van der Waals surface area contributed by atoms with Crippen LogP contribution in [0.3, 0.4) is 0 Å². The van der Waals surface area contributed by atoms with Gasteiger partial charge in [-0.25, -0.2) is 0 Å². The molecule has 106 valence electrons. The molecule has 0 fully saturated rings. The van der Waals surface area contributed by atoms with Gasteiger partial charge in [-0.2, -0.15) is 0 Å². The monoisotopic (exact) mass is 266 g/mol. The summed E-state index contributed by atoms with van der Waals surface area (Å²) in [5, 5.41) is 0. The van der Waals surface area contributed by atoms with Crippen molar-refractivity contribution in [3.63, 3.8) is 0 Å². The van der Waals surface area contributed by atoms with E-state index in [2.05, 4.69) is 0 Å². The minimum Gasteiger partial charge on any atom is -0.497 e. The van der Waals surface area contributed by atoms with Gasteiger partial charge in [0.1, 0.15) is 11.5 Å². The SMILES string of the molecule is COc1cc(C)c(CCN(C)C(=O)CN)c(OC)c1. The van der Waals surface area contributed by atoms with Crippen molar-refractivity contribution in [3.05, 3.63) is 23.3 Å². The molecule has 0 aromatic heterocycles. The highest BCUT2D eigenvalue weighted by atomic mass is 16.5. The Balaban J connectivity index is 2.86. The number of carbonyl (C=O) groups excluding carboxylic acids is 1. The van der Waals surface area contributed by atoms with Gasteiger partial charge in [0.05, 0.1) is 20.8 Å². The number of likely N-dealkylation sites (N-methyl/N-ethyl adjacent to an activating group) is 1. The Hall–Kier alpha value is -1.75. The van der Waals surface area contributed by atoms with E-state index in [1.807, 2.05) is 19.1 Å². The minimum absolute atomic E-state index is 0.0369. The number of carbonyl (C=O) groups is 1. The topological polar surface area (TPSA) is 64.8 Å². The van der Waals surface area contributed by atoms with Gasteiger partial charge >= 0.3 is 0 Å². The first-order chi connectivity index (χ1) is 9.03. The maximum absolute atomic E-state index is 11.4. The van der Waals surface area contributed by atoms with Gasteiger partial charge in [-0.1, -0.05) is 0 Å². The molecule has 0 atom stereocenters. The van der Waals surface area contributed by atoms with E-state index in [-0.39, 0.29) is 12.5 Å². The molecule has 5 heteroatoms. The number of amides is 1. The van der Waals surface area contributed by atoms with E-state index in [0.29, 0.717) is 6.54 Å². The molecule has 1 aromatic carbocycles. The predicted molar refractivity (Wildman–Crippen MR) is 74.7 cm³/mol. The number of rotatable bonds is 6. The number of benzene rings is 1. The van der Waals surface area contributed by atoms with Gasteiger partial charge in [0.25, 0.3) is 0 Å². The zero-order valence-corrected chi connectivity index (χ0v) is 12.0. The number of methoxy groups -OCH3 is 2. The third kappa shape index (κ3) is 3.86. The molecule has 0 saturated carbocycles. The number of hydrogen-bond acceptors (Lipinski definition) is 4. The summed E-state index contributed by atoms with van der Waals surface area (Å²) in [4.78, 5) is 13.1. The maximum Gasteiger partial charge on any atom is 0.236 e. The molecular formula is C14H22N2O3. The molecule has 0 spiro atoms. The van der Waals surface area contributed by atoms with Crippen molar-refractivity contribution < 1.29 is 14.3 Å². The molecule has 0 bridgehead atoms. The standard InChI is InChI=1S/C14H22N2O3/c1-10-7-11(18-3)8-13(19-4)12(10)5-6-16(2)14(17)9-15/h7-8H,5-6,9,15H2,1-4H3. The van der Waals surface area contributed by atoms with Gasteiger partial charge in [-0.05, 0) is 30.5 Å². The first-order valence-electron chi connectivity index (χ1n) is 6.19. The fraction of sp³-hybridized carbons (Fsp3) is 0.500. The van der Waals surface area contributed by atoms with Gasteiger partial charge in [0, 0.05) is 19.7 Å². The summed E-state index contributed by atoms with van der Waals surface area (Å²) in [6, 6.07) is 3.82. The lowest BCUT2D eigenvalue weighted by molar-refractivity contribution is -0.128. The zero-order chi connectivity index (χ0) is 14.4. The Labute approximate surface area is 114 Å². The summed E-state index contributed by atoms with van der Waals surface area (Å²) in [5.41, 5.74) is 7.50. The minimum atomic E-state index is -0.0647. The molecule has 19 heavy (non-hydrogen) atoms. The average molecular weight is 266 g/mol. The summed E-state index contributed by atoms with van der Waals surface area (Å²) in [6.07, 6.45) is 0.723. The highest BCUT2D eigenvalue weighted by Gasteiger charge is 2.12. The van der Waals surface area contributed by atoms with Crippen LogP contribution in [0.25, 0.3) is 0 Å². The molecule has 0 radical (unpaired) electrons. The van der Waals surface area contributed by atoms with Crippen LogP contribution in [0.4, 0.5) is 0 Å². The van der Waals surface area contributed by atoms with E-state index >= 15 is 0 Å². The van der Waals surface area contributed by atoms with Crippen LogP contribution in [0.1, 0.15) is 11.1 Å². The predicted octanol–water partition coefficient (Wildman–Crippen LogP) is 0.972. The second-order valence-corrected chi connectivity index (χ2v) is 4.39. The van der Waals surface area contributed by atoms with E-state index in [4.69, 9.17) is 15.2 Å². The third-order valence-electron chi connectivity index (χ3n) is 3.16. The number of ether oxygens (including phenoxy) is 2. The van der Waals surface area contributed by atoms with Crippen molar-refractivity contribution in [1.82, 2.24) is 4.90 Å². The Morgan fingerprint density at radius 3 is 2.53 bits per heavy atom. The van der Waals surface area contributed by atoms with Gasteiger partial charge < -0.3 is 20.1 Å². The van der Waals surface area contributed by atoms with Crippen LogP contribution in [0.2, 0.25) is 0 Å². The largest absolute Gasteiger partial charge is 0.497 e. The Morgan fingerprint density at radius 1 is 1.32 bits per heavy atom. The highest BCUT2D eigenvalue weighted by Crippen LogP contribution is 2.28. The molecule has 0 unspecified atom stereocenters. The van der Waals surface area contributed by atoms with Crippen molar-refractivity contribution in [2.45, 2.75) is 13.3 Å². The molecule has 1 amide bonds. The van der Waals surface area contributed by atoms with Gasteiger partial charge in [0.15, 0.2) is 0 Å². The van der Waals surface area contributed by atoms with Crippen LogP contribution < -0.4 is 15.2 Å². The fourth-order valence-electron chi connectivity index (χ4n) is 1.93. The number of nitrogens with zero attached hydrogens (tertiary/aromatic N) is 1. The van der Waals surface area contributed by atoms with E-state index in [9.17, 15) is 4.79 Å². The quantitative estimate of drug-likeness (QED) is 0.833. The summed E-state index contributed by atoms with van der Waals surface area (Å²) in [6.45, 7) is 2.65. The van der Waals surface area contributed by atoms with Crippen LogP contribution in [-0.2, 0) is 11.2 Å². The van der Waals surface area contributed by atoms with Crippen molar-refractivity contribution >= 4 is 5.91 Å². The van der Waals surface area contributed by atoms with Crippen molar-refractivity contribution in [3.8, 4) is 11.5 Å². The number of aryl methyl sites for hydroxylation is 1. The van der Waals surface area contributed by atoms with E-state index in [0.717, 1.165) is 29.0 Å². The zero-order valence-electron chi connectivity index (χ0n) is 12.0. The molecule has 5 nitrogen and oxygen atoms in total. The summed E-state index contributed by atoms with van der Waals surface area (Å²) in [5.74, 6) is 1.49. The summed E-state index contributed by atoms with van der Waals surface area (Å²) < 4.78 is 10.6. The van der Waals surface area contributed by atoms with Gasteiger partial charge in [0.2, 0.25) is 5.91 Å². The fourth-order valence-corrected chi connectivity index (χ4v) is 1.93. The van der Waals surface area contributed by atoms with Crippen molar-refractivity contribution in [1.29, 1.82) is 0 Å². The molecule has 0 heterocycles. The molecule has 1 aromatic rings. The lowest BCUT2D eigenvalue weighted by Crippen LogP contribution is -2.34. The summed E-state index contributed by atoms with van der Waals surface area (Å²) >= 11 is 0. The van der Waals surface area contributed by atoms with Crippen LogP contribution >= 0.6 is 0 Å². The maximum atomic E-state index is 11.4. The number of hydrogen-bond donors (Lipinski definition) is 1. The average Bonchev–Trinajstić information content (AvgIpc) is 2.43. The normalized spacial score (nSPS) is 10.2. The van der Waals surface area contributed by atoms with E-state index in [1.165, 1.54) is 0 Å². The Bertz CT molecular complexity index is 447. The second-order valence-electron chi connectivity index (χ2n) is 4.39. The lowest BCUT2D eigenvalue weighted by atomic mass is 10.0. The first kappa shape index (κ1) is 15.3. The van der Waals surface area contributed by atoms with Gasteiger partial charge in [-0.15, -0.1) is 0 Å². The van der Waals surface area contributed by atoms with Crippen LogP contribution in [0.15, 0.2) is 12.1 Å². The highest BCUT2D eigenvalue weighted by molar-refractivity contribution is 5.77. The summed E-state index contributed by atoms with van der Waals surface area (Å²) in [7, 11) is 5.01. The molecule has 2 N–H and O–H groups in total. The smallest absolute Gasteiger partial charge is 0.236 e. The molecule has 0 aliphatic carbocycles. The van der Waals surface area contributed by atoms with E-state index < -0.39 is 0 Å². The first-order valence-corrected chi connectivity index (χ1v) is 6.19. The van der Waals surface area contributed by atoms with Crippen molar-refractivity contribution in [2.24, 2.45) is 5.73 Å². The number of nitrogens with two attached hydrogens (primary N) is 1.